The van der Waals surface area contributed by atoms with E-state index < -0.39 is 0 Å². The van der Waals surface area contributed by atoms with Crippen LogP contribution in [-0.4, -0.2) is 6.61 Å². The fourth-order valence-corrected chi connectivity index (χ4v) is 2.00. The van der Waals surface area contributed by atoms with Gasteiger partial charge in [0.25, 0.3) is 0 Å². The zero-order valence-corrected chi connectivity index (χ0v) is 8.16. The molecule has 0 bridgehead atoms. The summed E-state index contributed by atoms with van der Waals surface area (Å²) >= 11 is 0. The minimum atomic E-state index is 0.0572. The van der Waals surface area contributed by atoms with Gasteiger partial charge in [-0.1, -0.05) is 6.08 Å². The SMILES string of the molecule is O=c1ccoc2c1CC1=C(C2)OCC=C1. The van der Waals surface area contributed by atoms with Crippen LogP contribution < -0.4 is 5.43 Å². The normalized spacial score (nSPS) is 18.1. The molecule has 0 saturated heterocycles. The largest absolute Gasteiger partial charge is 0.493 e. The summed E-state index contributed by atoms with van der Waals surface area (Å²) < 4.78 is 10.9. The molecule has 0 spiro atoms. The Morgan fingerprint density at radius 3 is 3.13 bits per heavy atom. The summed E-state index contributed by atoms with van der Waals surface area (Å²) in [5.74, 6) is 1.69. The third-order valence-corrected chi connectivity index (χ3v) is 2.78. The molecule has 0 fully saturated rings. The van der Waals surface area contributed by atoms with Crippen LogP contribution in [0.1, 0.15) is 11.3 Å². The Morgan fingerprint density at radius 2 is 2.20 bits per heavy atom. The predicted octanol–water partition coefficient (Wildman–Crippen LogP) is 1.58. The van der Waals surface area contributed by atoms with Gasteiger partial charge in [0, 0.05) is 18.1 Å². The van der Waals surface area contributed by atoms with Crippen LogP contribution in [0, 0.1) is 0 Å². The van der Waals surface area contributed by atoms with Crippen LogP contribution in [0.3, 0.4) is 0 Å². The molecule has 3 heteroatoms. The van der Waals surface area contributed by atoms with E-state index in [0.29, 0.717) is 19.4 Å². The number of ether oxygens (including phenoxy) is 1. The monoisotopic (exact) mass is 202 g/mol. The first-order chi connectivity index (χ1) is 7.34. The Bertz CT molecular complexity index is 520. The Hall–Kier alpha value is -1.77. The van der Waals surface area contributed by atoms with E-state index in [9.17, 15) is 4.79 Å². The molecular formula is C12H10O3. The van der Waals surface area contributed by atoms with Crippen molar-refractivity contribution in [2.45, 2.75) is 12.8 Å². The van der Waals surface area contributed by atoms with E-state index in [0.717, 1.165) is 22.7 Å². The molecule has 2 aliphatic rings. The molecule has 0 N–H and O–H groups in total. The smallest absolute Gasteiger partial charge is 0.188 e. The molecule has 0 atom stereocenters. The van der Waals surface area contributed by atoms with Crippen molar-refractivity contribution in [2.75, 3.05) is 6.61 Å². The molecule has 1 aliphatic heterocycles. The van der Waals surface area contributed by atoms with Crippen molar-refractivity contribution in [3.63, 3.8) is 0 Å². The van der Waals surface area contributed by atoms with Crippen LogP contribution in [0.15, 0.2) is 45.0 Å². The van der Waals surface area contributed by atoms with E-state index in [1.807, 2.05) is 12.2 Å². The van der Waals surface area contributed by atoms with Crippen LogP contribution in [-0.2, 0) is 17.6 Å². The summed E-state index contributed by atoms with van der Waals surface area (Å²) in [5, 5.41) is 0. The molecule has 3 rings (SSSR count). The summed E-state index contributed by atoms with van der Waals surface area (Å²) in [5.41, 5.74) is 1.93. The highest BCUT2D eigenvalue weighted by Gasteiger charge is 2.22. The maximum absolute atomic E-state index is 11.6. The minimum absolute atomic E-state index is 0.0572. The highest BCUT2D eigenvalue weighted by Crippen LogP contribution is 2.27. The molecular weight excluding hydrogens is 192 g/mol. The summed E-state index contributed by atoms with van der Waals surface area (Å²) in [7, 11) is 0. The number of hydrogen-bond acceptors (Lipinski definition) is 3. The molecule has 76 valence electrons. The van der Waals surface area contributed by atoms with E-state index in [2.05, 4.69) is 0 Å². The third kappa shape index (κ3) is 1.31. The number of fused-ring (bicyclic) bond motifs is 1. The summed E-state index contributed by atoms with van der Waals surface area (Å²) in [6, 6.07) is 1.47. The van der Waals surface area contributed by atoms with Gasteiger partial charge < -0.3 is 9.15 Å². The maximum atomic E-state index is 11.6. The first-order valence-corrected chi connectivity index (χ1v) is 4.95. The average molecular weight is 202 g/mol. The fourth-order valence-electron chi connectivity index (χ4n) is 2.00. The highest BCUT2D eigenvalue weighted by atomic mass is 16.5. The van der Waals surface area contributed by atoms with Crippen LogP contribution >= 0.6 is 0 Å². The highest BCUT2D eigenvalue weighted by molar-refractivity contribution is 5.39. The predicted molar refractivity (Wildman–Crippen MR) is 54.5 cm³/mol. The lowest BCUT2D eigenvalue weighted by Gasteiger charge is -2.22. The molecule has 1 aromatic rings. The van der Waals surface area contributed by atoms with Gasteiger partial charge in [0.15, 0.2) is 5.43 Å². The molecule has 0 amide bonds. The van der Waals surface area contributed by atoms with E-state index in [1.165, 1.54) is 12.3 Å². The van der Waals surface area contributed by atoms with E-state index in [-0.39, 0.29) is 5.43 Å². The zero-order chi connectivity index (χ0) is 10.3. The standard InChI is InChI=1S/C12H10O3/c13-10-3-5-15-12-7-11-8(6-9(10)12)2-1-4-14-11/h1-3,5H,4,6-7H2. The van der Waals surface area contributed by atoms with E-state index in [1.54, 1.807) is 0 Å². The first kappa shape index (κ1) is 8.53. The molecule has 1 aliphatic carbocycles. The molecule has 0 saturated carbocycles. The molecule has 0 radical (unpaired) electrons. The van der Waals surface area contributed by atoms with Crippen molar-refractivity contribution in [1.82, 2.24) is 0 Å². The molecule has 0 aromatic carbocycles. The van der Waals surface area contributed by atoms with Crippen molar-refractivity contribution < 1.29 is 9.15 Å². The maximum Gasteiger partial charge on any atom is 0.188 e. The van der Waals surface area contributed by atoms with Gasteiger partial charge in [0.1, 0.15) is 18.1 Å². The summed E-state index contributed by atoms with van der Waals surface area (Å²) in [4.78, 5) is 11.6. The van der Waals surface area contributed by atoms with Crippen molar-refractivity contribution >= 4 is 0 Å². The van der Waals surface area contributed by atoms with Crippen LogP contribution in [0.25, 0.3) is 0 Å². The second kappa shape index (κ2) is 3.12. The van der Waals surface area contributed by atoms with Gasteiger partial charge in [0.2, 0.25) is 0 Å². The van der Waals surface area contributed by atoms with Crippen molar-refractivity contribution in [3.8, 4) is 0 Å². The van der Waals surface area contributed by atoms with Gasteiger partial charge in [-0.3, -0.25) is 4.79 Å². The quantitative estimate of drug-likeness (QED) is 0.641. The molecule has 15 heavy (non-hydrogen) atoms. The number of hydrogen-bond donors (Lipinski definition) is 0. The summed E-state index contributed by atoms with van der Waals surface area (Å²) in [6.07, 6.45) is 6.68. The van der Waals surface area contributed by atoms with E-state index >= 15 is 0 Å². The lowest BCUT2D eigenvalue weighted by atomic mass is 9.93. The molecule has 3 nitrogen and oxygen atoms in total. The second-order valence-corrected chi connectivity index (χ2v) is 3.70. The van der Waals surface area contributed by atoms with Gasteiger partial charge in [-0.15, -0.1) is 0 Å². The van der Waals surface area contributed by atoms with E-state index in [4.69, 9.17) is 9.15 Å². The van der Waals surface area contributed by atoms with Crippen LogP contribution in [0.4, 0.5) is 0 Å². The van der Waals surface area contributed by atoms with Gasteiger partial charge >= 0.3 is 0 Å². The Morgan fingerprint density at radius 1 is 1.27 bits per heavy atom. The van der Waals surface area contributed by atoms with Crippen molar-refractivity contribution in [3.05, 3.63) is 57.4 Å². The van der Waals surface area contributed by atoms with Crippen molar-refractivity contribution in [2.24, 2.45) is 0 Å². The second-order valence-electron chi connectivity index (χ2n) is 3.70. The molecule has 0 unspecified atom stereocenters. The van der Waals surface area contributed by atoms with Crippen LogP contribution in [0.5, 0.6) is 0 Å². The Balaban J connectivity index is 2.11. The lowest BCUT2D eigenvalue weighted by molar-refractivity contribution is 0.224. The molecule has 1 aromatic heterocycles. The van der Waals surface area contributed by atoms with Crippen molar-refractivity contribution in [1.29, 1.82) is 0 Å². The van der Waals surface area contributed by atoms with Gasteiger partial charge in [0.05, 0.1) is 12.7 Å². The summed E-state index contributed by atoms with van der Waals surface area (Å²) in [6.45, 7) is 0.616. The minimum Gasteiger partial charge on any atom is -0.493 e. The fraction of sp³-hybridized carbons (Fsp3) is 0.250. The zero-order valence-electron chi connectivity index (χ0n) is 8.16. The number of allylic oxidation sites excluding steroid dienone is 3. The molecule has 2 heterocycles. The third-order valence-electron chi connectivity index (χ3n) is 2.78. The Kier molecular flexibility index (Phi) is 1.78. The Labute approximate surface area is 86.7 Å². The number of rotatable bonds is 0. The average Bonchev–Trinajstić information content (AvgIpc) is 2.27. The lowest BCUT2D eigenvalue weighted by Crippen LogP contribution is -2.19. The van der Waals surface area contributed by atoms with Crippen LogP contribution in [0.2, 0.25) is 0 Å². The first-order valence-electron chi connectivity index (χ1n) is 4.95. The van der Waals surface area contributed by atoms with Gasteiger partial charge in [-0.2, -0.15) is 0 Å². The topological polar surface area (TPSA) is 39.4 Å². The van der Waals surface area contributed by atoms with Gasteiger partial charge in [-0.25, -0.2) is 0 Å². The van der Waals surface area contributed by atoms with Gasteiger partial charge in [-0.05, 0) is 11.6 Å².